The number of alkyl halides is 3. The van der Waals surface area contributed by atoms with Gasteiger partial charge in [-0.3, -0.25) is 4.90 Å². The van der Waals surface area contributed by atoms with Gasteiger partial charge in [-0.2, -0.15) is 24.5 Å². The van der Waals surface area contributed by atoms with Crippen LogP contribution in [0, 0.1) is 0 Å². The van der Waals surface area contributed by atoms with E-state index in [9.17, 15) is 18.0 Å². The van der Waals surface area contributed by atoms with Gasteiger partial charge in [0.1, 0.15) is 5.75 Å². The monoisotopic (exact) mass is 399 g/mol. The van der Waals surface area contributed by atoms with Crippen molar-refractivity contribution in [3.8, 4) is 5.75 Å². The predicted molar refractivity (Wildman–Crippen MR) is 98.2 cm³/mol. The van der Waals surface area contributed by atoms with Crippen LogP contribution in [0.4, 0.5) is 23.7 Å². The van der Waals surface area contributed by atoms with E-state index in [4.69, 9.17) is 0 Å². The highest BCUT2D eigenvalue weighted by molar-refractivity contribution is 7.07. The Morgan fingerprint density at radius 1 is 1.11 bits per heavy atom. The van der Waals surface area contributed by atoms with E-state index in [0.29, 0.717) is 18.8 Å². The summed E-state index contributed by atoms with van der Waals surface area (Å²) in [4.78, 5) is 16.4. The van der Waals surface area contributed by atoms with Crippen molar-refractivity contribution in [3.05, 3.63) is 46.7 Å². The van der Waals surface area contributed by atoms with Crippen LogP contribution in [0.5, 0.6) is 5.75 Å². The first-order valence-corrected chi connectivity index (χ1v) is 9.42. The fourth-order valence-corrected chi connectivity index (χ4v) is 3.41. The first-order valence-electron chi connectivity index (χ1n) is 8.48. The van der Waals surface area contributed by atoms with Gasteiger partial charge in [-0.05, 0) is 46.7 Å². The Kier molecular flexibility index (Phi) is 6.22. The normalized spacial score (nSPS) is 15.6. The second-order valence-corrected chi connectivity index (χ2v) is 7.03. The number of halogens is 3. The number of carbonyl (C=O) groups is 1. The molecule has 1 saturated heterocycles. The molecule has 3 rings (SSSR count). The number of ether oxygens (including phenoxy) is 1. The summed E-state index contributed by atoms with van der Waals surface area (Å²) in [6.45, 7) is 2.40. The zero-order valence-electron chi connectivity index (χ0n) is 14.5. The molecule has 0 aliphatic carbocycles. The van der Waals surface area contributed by atoms with E-state index < -0.39 is 12.8 Å². The molecule has 0 atom stereocenters. The minimum absolute atomic E-state index is 0.104. The highest BCUT2D eigenvalue weighted by Crippen LogP contribution is 2.20. The van der Waals surface area contributed by atoms with E-state index in [0.717, 1.165) is 19.6 Å². The summed E-state index contributed by atoms with van der Waals surface area (Å²) in [5.41, 5.74) is 1.80. The molecule has 2 aromatic rings. The van der Waals surface area contributed by atoms with Gasteiger partial charge in [-0.25, -0.2) is 4.79 Å². The Balaban J connectivity index is 1.44. The number of nitrogens with zero attached hydrogens (tertiary/aromatic N) is 2. The van der Waals surface area contributed by atoms with Gasteiger partial charge >= 0.3 is 12.2 Å². The van der Waals surface area contributed by atoms with E-state index in [1.165, 1.54) is 29.8 Å². The molecule has 1 aromatic heterocycles. The number of nitrogens with one attached hydrogen (secondary N) is 1. The Hall–Kier alpha value is -2.26. The maximum atomic E-state index is 12.4. The predicted octanol–water partition coefficient (Wildman–Crippen LogP) is 4.04. The molecule has 1 N–H and O–H groups in total. The first kappa shape index (κ1) is 19.5. The Morgan fingerprint density at radius 3 is 2.41 bits per heavy atom. The van der Waals surface area contributed by atoms with Gasteiger partial charge in [-0.1, -0.05) is 0 Å². The van der Waals surface area contributed by atoms with Crippen LogP contribution in [-0.2, 0) is 6.54 Å². The molecule has 2 heterocycles. The van der Waals surface area contributed by atoms with Crippen LogP contribution in [0.1, 0.15) is 5.56 Å². The molecule has 1 aromatic carbocycles. The molecule has 1 fully saturated rings. The molecule has 0 unspecified atom stereocenters. The molecule has 2 amide bonds. The molecule has 1 aliphatic heterocycles. The highest BCUT2D eigenvalue weighted by Gasteiger charge is 2.28. The van der Waals surface area contributed by atoms with Crippen LogP contribution in [0.15, 0.2) is 41.1 Å². The summed E-state index contributed by atoms with van der Waals surface area (Å²) in [5, 5.41) is 6.94. The molecule has 0 bridgehead atoms. The molecule has 5 nitrogen and oxygen atoms in total. The van der Waals surface area contributed by atoms with Gasteiger partial charge in [0.2, 0.25) is 0 Å². The maximum absolute atomic E-state index is 12.4. The number of thiophene rings is 1. The summed E-state index contributed by atoms with van der Waals surface area (Å²) < 4.78 is 41.1. The highest BCUT2D eigenvalue weighted by atomic mass is 32.1. The number of anilines is 1. The van der Waals surface area contributed by atoms with Crippen LogP contribution < -0.4 is 10.1 Å². The average molecular weight is 399 g/mol. The molecular weight excluding hydrogens is 379 g/mol. The van der Waals surface area contributed by atoms with E-state index >= 15 is 0 Å². The third-order valence-corrected chi connectivity index (χ3v) is 4.89. The fourth-order valence-electron chi connectivity index (χ4n) is 2.75. The number of piperazine rings is 1. The summed E-state index contributed by atoms with van der Waals surface area (Å²) in [6, 6.07) is 7.74. The lowest BCUT2D eigenvalue weighted by Crippen LogP contribution is -2.49. The minimum Gasteiger partial charge on any atom is -0.484 e. The molecule has 9 heteroatoms. The summed E-state index contributed by atoms with van der Waals surface area (Å²) in [5.74, 6) is 0.104. The summed E-state index contributed by atoms with van der Waals surface area (Å²) in [7, 11) is 0. The van der Waals surface area contributed by atoms with Gasteiger partial charge in [0, 0.05) is 38.4 Å². The molecule has 146 valence electrons. The second kappa shape index (κ2) is 8.62. The minimum atomic E-state index is -4.38. The fraction of sp³-hybridized carbons (Fsp3) is 0.389. The smallest absolute Gasteiger partial charge is 0.422 e. The van der Waals surface area contributed by atoms with E-state index in [1.807, 2.05) is 0 Å². The van der Waals surface area contributed by atoms with Crippen molar-refractivity contribution < 1.29 is 22.7 Å². The Bertz CT molecular complexity index is 727. The van der Waals surface area contributed by atoms with Crippen LogP contribution in [0.3, 0.4) is 0 Å². The van der Waals surface area contributed by atoms with Crippen molar-refractivity contribution in [2.75, 3.05) is 38.1 Å². The van der Waals surface area contributed by atoms with Crippen molar-refractivity contribution in [2.45, 2.75) is 12.7 Å². The van der Waals surface area contributed by atoms with Gasteiger partial charge in [0.15, 0.2) is 6.61 Å². The van der Waals surface area contributed by atoms with Crippen molar-refractivity contribution in [1.82, 2.24) is 9.80 Å². The van der Waals surface area contributed by atoms with E-state index in [-0.39, 0.29) is 11.8 Å². The van der Waals surface area contributed by atoms with Crippen molar-refractivity contribution >= 4 is 23.1 Å². The van der Waals surface area contributed by atoms with Gasteiger partial charge in [-0.15, -0.1) is 0 Å². The number of benzene rings is 1. The maximum Gasteiger partial charge on any atom is 0.422 e. The number of carbonyl (C=O) groups excluding carboxylic acids is 1. The SMILES string of the molecule is O=C(Nc1ccc(OCC(F)(F)F)cc1)N1CCN(Cc2ccsc2)CC1. The van der Waals surface area contributed by atoms with E-state index in [1.54, 1.807) is 16.2 Å². The topological polar surface area (TPSA) is 44.8 Å². The Morgan fingerprint density at radius 2 is 1.81 bits per heavy atom. The summed E-state index contributed by atoms with van der Waals surface area (Å²) >= 11 is 1.67. The molecule has 0 radical (unpaired) electrons. The number of hydrogen-bond acceptors (Lipinski definition) is 4. The van der Waals surface area contributed by atoms with Crippen LogP contribution in [0.25, 0.3) is 0 Å². The van der Waals surface area contributed by atoms with Crippen molar-refractivity contribution in [1.29, 1.82) is 0 Å². The van der Waals surface area contributed by atoms with Crippen LogP contribution >= 0.6 is 11.3 Å². The lowest BCUT2D eigenvalue weighted by molar-refractivity contribution is -0.153. The standard InChI is InChI=1S/C18H20F3N3O2S/c19-18(20,21)13-26-16-3-1-15(2-4-16)22-17(25)24-8-6-23(7-9-24)11-14-5-10-27-12-14/h1-5,10,12H,6-9,11,13H2,(H,22,25). The van der Waals surface area contributed by atoms with E-state index in [2.05, 4.69) is 31.8 Å². The third-order valence-electron chi connectivity index (χ3n) is 4.15. The first-order chi connectivity index (χ1) is 12.9. The Labute approximate surface area is 159 Å². The zero-order chi connectivity index (χ0) is 19.3. The van der Waals surface area contributed by atoms with Crippen molar-refractivity contribution in [2.24, 2.45) is 0 Å². The van der Waals surface area contributed by atoms with Gasteiger partial charge in [0.05, 0.1) is 0 Å². The second-order valence-electron chi connectivity index (χ2n) is 6.25. The van der Waals surface area contributed by atoms with Crippen LogP contribution in [-0.4, -0.2) is 54.8 Å². The third kappa shape index (κ3) is 6.14. The van der Waals surface area contributed by atoms with Gasteiger partial charge in [0.25, 0.3) is 0 Å². The largest absolute Gasteiger partial charge is 0.484 e. The number of amides is 2. The molecule has 27 heavy (non-hydrogen) atoms. The quantitative estimate of drug-likeness (QED) is 0.826. The van der Waals surface area contributed by atoms with Gasteiger partial charge < -0.3 is 15.0 Å². The number of hydrogen-bond donors (Lipinski definition) is 1. The molecular formula is C18H20F3N3O2S. The molecule has 0 saturated carbocycles. The number of rotatable bonds is 5. The average Bonchev–Trinajstić information content (AvgIpc) is 3.14. The lowest BCUT2D eigenvalue weighted by Gasteiger charge is -2.34. The zero-order valence-corrected chi connectivity index (χ0v) is 15.4. The van der Waals surface area contributed by atoms with Crippen LogP contribution in [0.2, 0.25) is 0 Å². The lowest BCUT2D eigenvalue weighted by atomic mass is 10.2. The number of urea groups is 1. The molecule has 1 aliphatic rings. The molecule has 0 spiro atoms. The van der Waals surface area contributed by atoms with Crippen molar-refractivity contribution in [3.63, 3.8) is 0 Å². The summed E-state index contributed by atoms with van der Waals surface area (Å²) in [6.07, 6.45) is -4.38.